The van der Waals surface area contributed by atoms with Crippen LogP contribution in [0.3, 0.4) is 0 Å². The minimum Gasteiger partial charge on any atom is -0.481 e. The second-order valence-corrected chi connectivity index (χ2v) is 6.59. The first kappa shape index (κ1) is 19.0. The highest BCUT2D eigenvalue weighted by atomic mass is 19.1. The fourth-order valence-corrected chi connectivity index (χ4v) is 3.49. The molecule has 0 atom stereocenters. The van der Waals surface area contributed by atoms with Gasteiger partial charge in [-0.05, 0) is 13.0 Å². The number of pyridine rings is 1. The van der Waals surface area contributed by atoms with Crippen LogP contribution in [-0.4, -0.2) is 26.0 Å². The number of ether oxygens (including phenoxy) is 1. The number of methoxy groups -OCH3 is 1. The summed E-state index contributed by atoms with van der Waals surface area (Å²) in [6.07, 6.45) is 0.549. The quantitative estimate of drug-likeness (QED) is 0.525. The molecule has 0 fully saturated rings. The molecule has 150 valence electrons. The molecule has 3 heterocycles. The van der Waals surface area contributed by atoms with Crippen molar-refractivity contribution in [3.8, 4) is 5.88 Å². The first-order valence-electron chi connectivity index (χ1n) is 8.94. The topological polar surface area (TPSA) is 61.4 Å². The van der Waals surface area contributed by atoms with Gasteiger partial charge in [0.15, 0.2) is 5.65 Å². The standard InChI is InChI=1S/C20H17F3N4O2/c1-4-16-24-10(2)18-20(28)26(9-12-13(22)7-11(21)8-14(12)23)15-5-6-17(29-3)25-19(15)27(16)18/h5-8H,4,9H2,1-3H3. The Hall–Kier alpha value is -3.36. The van der Waals surface area contributed by atoms with Crippen LogP contribution in [0.1, 0.15) is 24.0 Å². The van der Waals surface area contributed by atoms with Crippen molar-refractivity contribution in [1.82, 2.24) is 18.9 Å². The molecule has 29 heavy (non-hydrogen) atoms. The molecular formula is C20H17F3N4O2. The molecule has 0 saturated carbocycles. The Morgan fingerprint density at radius 3 is 2.41 bits per heavy atom. The normalized spacial score (nSPS) is 11.5. The molecule has 0 aliphatic carbocycles. The molecule has 0 aliphatic heterocycles. The van der Waals surface area contributed by atoms with Crippen molar-refractivity contribution in [2.75, 3.05) is 7.11 Å². The summed E-state index contributed by atoms with van der Waals surface area (Å²) in [7, 11) is 1.46. The van der Waals surface area contributed by atoms with Crippen molar-refractivity contribution < 1.29 is 17.9 Å². The van der Waals surface area contributed by atoms with E-state index >= 15 is 0 Å². The largest absolute Gasteiger partial charge is 0.481 e. The van der Waals surface area contributed by atoms with Crippen LogP contribution >= 0.6 is 0 Å². The molecule has 9 heteroatoms. The Kier molecular flexibility index (Phi) is 4.52. The Morgan fingerprint density at radius 2 is 1.79 bits per heavy atom. The minimum absolute atomic E-state index is 0.262. The third-order valence-corrected chi connectivity index (χ3v) is 4.85. The first-order chi connectivity index (χ1) is 13.8. The second-order valence-electron chi connectivity index (χ2n) is 6.59. The summed E-state index contributed by atoms with van der Waals surface area (Å²) in [5, 5.41) is 0. The Bertz CT molecular complexity index is 1300. The van der Waals surface area contributed by atoms with E-state index < -0.39 is 35.1 Å². The SMILES string of the molecule is CCc1nc(C)c2c(=O)n(Cc3c(F)cc(F)cc3F)c3ccc(OC)nc3n12. The van der Waals surface area contributed by atoms with Crippen LogP contribution in [0.25, 0.3) is 16.7 Å². The van der Waals surface area contributed by atoms with Crippen LogP contribution < -0.4 is 10.3 Å². The van der Waals surface area contributed by atoms with Crippen LogP contribution in [0.15, 0.2) is 29.1 Å². The van der Waals surface area contributed by atoms with Gasteiger partial charge in [0.05, 0.1) is 24.9 Å². The van der Waals surface area contributed by atoms with Crippen LogP contribution in [0.4, 0.5) is 13.2 Å². The molecule has 0 unspecified atom stereocenters. The predicted octanol–water partition coefficient (Wildman–Crippen LogP) is 3.39. The lowest BCUT2D eigenvalue weighted by atomic mass is 10.2. The van der Waals surface area contributed by atoms with Gasteiger partial charge in [-0.2, -0.15) is 4.98 Å². The zero-order chi connectivity index (χ0) is 20.9. The number of imidazole rings is 1. The lowest BCUT2D eigenvalue weighted by Crippen LogP contribution is -2.25. The number of hydrogen-bond acceptors (Lipinski definition) is 4. The summed E-state index contributed by atoms with van der Waals surface area (Å²) in [4.78, 5) is 22.1. The molecule has 4 aromatic rings. The number of fused-ring (bicyclic) bond motifs is 3. The molecule has 0 N–H and O–H groups in total. The van der Waals surface area contributed by atoms with Gasteiger partial charge in [-0.15, -0.1) is 0 Å². The second kappa shape index (κ2) is 6.91. The number of aromatic nitrogens is 4. The molecular weight excluding hydrogens is 385 g/mol. The minimum atomic E-state index is -1.07. The fourth-order valence-electron chi connectivity index (χ4n) is 3.49. The van der Waals surface area contributed by atoms with Gasteiger partial charge in [-0.25, -0.2) is 18.2 Å². The molecule has 6 nitrogen and oxygen atoms in total. The van der Waals surface area contributed by atoms with Crippen molar-refractivity contribution in [2.24, 2.45) is 0 Å². The monoisotopic (exact) mass is 402 g/mol. The van der Waals surface area contributed by atoms with Crippen molar-refractivity contribution in [1.29, 1.82) is 0 Å². The van der Waals surface area contributed by atoms with E-state index in [0.717, 1.165) is 0 Å². The number of nitrogens with zero attached hydrogens (tertiary/aromatic N) is 4. The Balaban J connectivity index is 2.10. The molecule has 0 aliphatic rings. The van der Waals surface area contributed by atoms with Crippen LogP contribution in [-0.2, 0) is 13.0 Å². The van der Waals surface area contributed by atoms with Gasteiger partial charge in [0.1, 0.15) is 28.8 Å². The maximum absolute atomic E-state index is 14.3. The van der Waals surface area contributed by atoms with E-state index in [9.17, 15) is 18.0 Å². The lowest BCUT2D eigenvalue weighted by Gasteiger charge is -2.14. The fraction of sp³-hybridized carbons (Fsp3) is 0.250. The molecule has 1 aromatic carbocycles. The Morgan fingerprint density at radius 1 is 1.10 bits per heavy atom. The molecule has 0 spiro atoms. The molecule has 4 rings (SSSR count). The highest BCUT2D eigenvalue weighted by molar-refractivity contribution is 5.77. The number of aryl methyl sites for hydroxylation is 2. The van der Waals surface area contributed by atoms with Gasteiger partial charge in [0.25, 0.3) is 5.56 Å². The summed E-state index contributed by atoms with van der Waals surface area (Å²) in [6.45, 7) is 3.16. The Labute approximate surface area is 163 Å². The maximum atomic E-state index is 14.3. The zero-order valence-electron chi connectivity index (χ0n) is 16.0. The van der Waals surface area contributed by atoms with Crippen LogP contribution in [0.2, 0.25) is 0 Å². The van der Waals surface area contributed by atoms with E-state index in [4.69, 9.17) is 4.74 Å². The van der Waals surface area contributed by atoms with Crippen molar-refractivity contribution in [2.45, 2.75) is 26.8 Å². The van der Waals surface area contributed by atoms with E-state index in [1.54, 1.807) is 23.5 Å². The summed E-state index contributed by atoms with van der Waals surface area (Å²) in [5.41, 5.74) is 0.572. The van der Waals surface area contributed by atoms with Crippen molar-refractivity contribution >= 4 is 16.7 Å². The first-order valence-corrected chi connectivity index (χ1v) is 8.94. The van der Waals surface area contributed by atoms with Gasteiger partial charge in [-0.1, -0.05) is 6.92 Å². The van der Waals surface area contributed by atoms with Gasteiger partial charge in [-0.3, -0.25) is 13.8 Å². The summed E-state index contributed by atoms with van der Waals surface area (Å²) in [6, 6.07) is 4.32. The molecule has 0 saturated heterocycles. The van der Waals surface area contributed by atoms with E-state index in [2.05, 4.69) is 9.97 Å². The maximum Gasteiger partial charge on any atom is 0.277 e. The molecule has 0 amide bonds. The number of rotatable bonds is 4. The number of benzene rings is 1. The summed E-state index contributed by atoms with van der Waals surface area (Å²) < 4.78 is 49.8. The van der Waals surface area contributed by atoms with Gasteiger partial charge in [0, 0.05) is 30.2 Å². The zero-order valence-corrected chi connectivity index (χ0v) is 16.0. The third kappa shape index (κ3) is 2.93. The van der Waals surface area contributed by atoms with Crippen molar-refractivity contribution in [3.63, 3.8) is 0 Å². The van der Waals surface area contributed by atoms with Gasteiger partial charge < -0.3 is 4.74 Å². The summed E-state index contributed by atoms with van der Waals surface area (Å²) >= 11 is 0. The lowest BCUT2D eigenvalue weighted by molar-refractivity contribution is 0.399. The highest BCUT2D eigenvalue weighted by Crippen LogP contribution is 2.23. The van der Waals surface area contributed by atoms with Crippen molar-refractivity contribution in [3.05, 3.63) is 69.2 Å². The average Bonchev–Trinajstić information content (AvgIpc) is 3.03. The molecule has 3 aromatic heterocycles. The van der Waals surface area contributed by atoms with E-state index in [0.29, 0.717) is 47.1 Å². The highest BCUT2D eigenvalue weighted by Gasteiger charge is 2.21. The van der Waals surface area contributed by atoms with Crippen LogP contribution in [0, 0.1) is 24.4 Å². The van der Waals surface area contributed by atoms with E-state index in [1.165, 1.54) is 11.7 Å². The van der Waals surface area contributed by atoms with Gasteiger partial charge in [0.2, 0.25) is 5.88 Å². The smallest absolute Gasteiger partial charge is 0.277 e. The number of hydrogen-bond donors (Lipinski definition) is 0. The van der Waals surface area contributed by atoms with Gasteiger partial charge >= 0.3 is 0 Å². The molecule has 0 radical (unpaired) electrons. The predicted molar refractivity (Wildman–Crippen MR) is 101 cm³/mol. The third-order valence-electron chi connectivity index (χ3n) is 4.85. The van der Waals surface area contributed by atoms with E-state index in [1.807, 2.05) is 6.92 Å². The summed E-state index contributed by atoms with van der Waals surface area (Å²) in [5.74, 6) is -2.21. The average molecular weight is 402 g/mol. The van der Waals surface area contributed by atoms with Crippen LogP contribution in [0.5, 0.6) is 5.88 Å². The molecule has 0 bridgehead atoms. The number of halogens is 3. The van der Waals surface area contributed by atoms with E-state index in [-0.39, 0.29) is 5.52 Å².